The highest BCUT2D eigenvalue weighted by atomic mass is 127. The van der Waals surface area contributed by atoms with E-state index in [0.717, 1.165) is 25.5 Å². The molecule has 0 aromatic heterocycles. The summed E-state index contributed by atoms with van der Waals surface area (Å²) >= 11 is 0. The third-order valence-corrected chi connectivity index (χ3v) is 5.87. The van der Waals surface area contributed by atoms with E-state index in [4.69, 9.17) is 0 Å². The minimum Gasteiger partial charge on any atom is -0.355 e. The zero-order chi connectivity index (χ0) is 18.4. The zero-order valence-corrected chi connectivity index (χ0v) is 18.4. The standard InChI is InChI=1S/C19H24N4O2S.HI/c1-20-19(23-14-11-16-7-5-6-8-17(16)15-23)21-12-13-22-26(24,25)18-9-3-2-4-10-18;/h2-10,22H,11-15H2,1H3,(H,20,21);1H. The number of rotatable bonds is 5. The number of sulfonamides is 1. The molecule has 2 aromatic rings. The van der Waals surface area contributed by atoms with Gasteiger partial charge in [-0.05, 0) is 29.7 Å². The molecule has 0 saturated heterocycles. The van der Waals surface area contributed by atoms with Gasteiger partial charge in [0.15, 0.2) is 5.96 Å². The number of hydrogen-bond donors (Lipinski definition) is 2. The Balaban J connectivity index is 0.00000261. The van der Waals surface area contributed by atoms with Gasteiger partial charge >= 0.3 is 0 Å². The summed E-state index contributed by atoms with van der Waals surface area (Å²) in [7, 11) is -1.73. The Morgan fingerprint density at radius 2 is 1.70 bits per heavy atom. The van der Waals surface area contributed by atoms with Crippen LogP contribution in [0.5, 0.6) is 0 Å². The summed E-state index contributed by atoms with van der Waals surface area (Å²) in [5.41, 5.74) is 2.70. The molecule has 1 aliphatic heterocycles. The van der Waals surface area contributed by atoms with E-state index in [2.05, 4.69) is 44.2 Å². The van der Waals surface area contributed by atoms with E-state index >= 15 is 0 Å². The molecule has 0 aliphatic carbocycles. The number of hydrogen-bond acceptors (Lipinski definition) is 3. The molecule has 3 rings (SSSR count). The fourth-order valence-electron chi connectivity index (χ4n) is 3.05. The predicted octanol–water partition coefficient (Wildman–Crippen LogP) is 2.22. The van der Waals surface area contributed by atoms with Crippen molar-refractivity contribution in [1.82, 2.24) is 14.9 Å². The minimum atomic E-state index is -3.47. The maximum atomic E-state index is 12.2. The van der Waals surface area contributed by atoms with E-state index in [-0.39, 0.29) is 28.9 Å². The smallest absolute Gasteiger partial charge is 0.240 e. The number of aliphatic imine (C=N–C) groups is 1. The van der Waals surface area contributed by atoms with E-state index in [9.17, 15) is 8.42 Å². The van der Waals surface area contributed by atoms with Gasteiger partial charge in [-0.1, -0.05) is 42.5 Å². The second-order valence-electron chi connectivity index (χ2n) is 6.13. The average molecular weight is 500 g/mol. The van der Waals surface area contributed by atoms with Crippen molar-refractivity contribution < 1.29 is 8.42 Å². The highest BCUT2D eigenvalue weighted by Crippen LogP contribution is 2.18. The van der Waals surface area contributed by atoms with Gasteiger partial charge in [-0.3, -0.25) is 4.99 Å². The summed E-state index contributed by atoms with van der Waals surface area (Å²) in [5, 5.41) is 3.24. The van der Waals surface area contributed by atoms with Crippen LogP contribution in [0, 0.1) is 0 Å². The van der Waals surface area contributed by atoms with Crippen molar-refractivity contribution in [3.05, 3.63) is 65.7 Å². The Bertz CT molecular complexity index is 872. The van der Waals surface area contributed by atoms with E-state index in [0.29, 0.717) is 13.1 Å². The Kier molecular flexibility index (Phi) is 8.06. The van der Waals surface area contributed by atoms with Crippen LogP contribution in [0.1, 0.15) is 11.1 Å². The van der Waals surface area contributed by atoms with Gasteiger partial charge in [-0.15, -0.1) is 24.0 Å². The lowest BCUT2D eigenvalue weighted by atomic mass is 10.0. The Morgan fingerprint density at radius 1 is 1.04 bits per heavy atom. The lowest BCUT2D eigenvalue weighted by molar-refractivity contribution is 0.379. The number of nitrogens with zero attached hydrogens (tertiary/aromatic N) is 2. The summed E-state index contributed by atoms with van der Waals surface area (Å²) in [6, 6.07) is 16.8. The molecule has 146 valence electrons. The quantitative estimate of drug-likeness (QED) is 0.286. The number of halogens is 1. The van der Waals surface area contributed by atoms with Crippen LogP contribution in [0.25, 0.3) is 0 Å². The fourth-order valence-corrected chi connectivity index (χ4v) is 4.10. The van der Waals surface area contributed by atoms with Gasteiger partial charge in [0.05, 0.1) is 4.90 Å². The second-order valence-corrected chi connectivity index (χ2v) is 7.89. The van der Waals surface area contributed by atoms with Crippen LogP contribution in [0.3, 0.4) is 0 Å². The summed E-state index contributed by atoms with van der Waals surface area (Å²) in [6.07, 6.45) is 0.984. The van der Waals surface area contributed by atoms with Gasteiger partial charge < -0.3 is 10.2 Å². The first-order chi connectivity index (χ1) is 12.6. The van der Waals surface area contributed by atoms with Gasteiger partial charge in [-0.2, -0.15) is 0 Å². The van der Waals surface area contributed by atoms with E-state index < -0.39 is 10.0 Å². The third-order valence-electron chi connectivity index (χ3n) is 4.40. The topological polar surface area (TPSA) is 73.8 Å². The molecule has 0 spiro atoms. The molecule has 2 aromatic carbocycles. The van der Waals surface area contributed by atoms with E-state index in [1.807, 2.05) is 0 Å². The van der Waals surface area contributed by atoms with Gasteiger partial charge in [0.2, 0.25) is 10.0 Å². The largest absolute Gasteiger partial charge is 0.355 e. The lowest BCUT2D eigenvalue weighted by Gasteiger charge is -2.31. The first kappa shape index (κ1) is 21.6. The van der Waals surface area contributed by atoms with E-state index in [1.54, 1.807) is 37.4 Å². The van der Waals surface area contributed by atoms with Gasteiger partial charge in [0.1, 0.15) is 0 Å². The zero-order valence-electron chi connectivity index (χ0n) is 15.3. The maximum absolute atomic E-state index is 12.2. The maximum Gasteiger partial charge on any atom is 0.240 e. The Labute approximate surface area is 178 Å². The summed E-state index contributed by atoms with van der Waals surface area (Å²) in [5.74, 6) is 0.790. The molecule has 6 nitrogen and oxygen atoms in total. The van der Waals surface area contributed by atoms with Crippen LogP contribution < -0.4 is 10.0 Å². The molecule has 0 radical (unpaired) electrons. The van der Waals surface area contributed by atoms with Gasteiger partial charge in [-0.25, -0.2) is 13.1 Å². The van der Waals surface area contributed by atoms with Crippen molar-refractivity contribution in [2.45, 2.75) is 17.9 Å². The van der Waals surface area contributed by atoms with Crippen molar-refractivity contribution >= 4 is 40.0 Å². The molecule has 1 aliphatic rings. The van der Waals surface area contributed by atoms with Crippen molar-refractivity contribution in [3.8, 4) is 0 Å². The molecule has 1 heterocycles. The average Bonchev–Trinajstić information content (AvgIpc) is 2.68. The number of nitrogens with one attached hydrogen (secondary N) is 2. The predicted molar refractivity (Wildman–Crippen MR) is 119 cm³/mol. The molecule has 0 atom stereocenters. The first-order valence-corrected chi connectivity index (χ1v) is 10.2. The molecule has 8 heteroatoms. The van der Waals surface area contributed by atoms with Crippen LogP contribution in [0.2, 0.25) is 0 Å². The van der Waals surface area contributed by atoms with Crippen molar-refractivity contribution in [1.29, 1.82) is 0 Å². The summed E-state index contributed by atoms with van der Waals surface area (Å²) in [6.45, 7) is 2.47. The SMILES string of the molecule is CN=C(NCCNS(=O)(=O)c1ccccc1)N1CCc2ccccc2C1.I. The minimum absolute atomic E-state index is 0. The van der Waals surface area contributed by atoms with Crippen LogP contribution in [0.4, 0.5) is 0 Å². The van der Waals surface area contributed by atoms with Crippen molar-refractivity contribution in [2.24, 2.45) is 4.99 Å². The first-order valence-electron chi connectivity index (χ1n) is 8.67. The molecule has 0 bridgehead atoms. The summed E-state index contributed by atoms with van der Waals surface area (Å²) in [4.78, 5) is 6.79. The lowest BCUT2D eigenvalue weighted by Crippen LogP contribution is -2.46. The van der Waals surface area contributed by atoms with Crippen LogP contribution in [-0.2, 0) is 23.0 Å². The molecular weight excluding hydrogens is 475 g/mol. The fraction of sp³-hybridized carbons (Fsp3) is 0.316. The molecule has 0 amide bonds. The normalized spacial score (nSPS) is 14.3. The summed E-state index contributed by atoms with van der Waals surface area (Å²) < 4.78 is 27.0. The highest BCUT2D eigenvalue weighted by Gasteiger charge is 2.18. The van der Waals surface area contributed by atoms with Gasteiger partial charge in [0.25, 0.3) is 0 Å². The molecule has 0 saturated carbocycles. The monoisotopic (exact) mass is 500 g/mol. The van der Waals surface area contributed by atoms with Crippen molar-refractivity contribution in [2.75, 3.05) is 26.7 Å². The molecule has 2 N–H and O–H groups in total. The van der Waals surface area contributed by atoms with Crippen LogP contribution in [-0.4, -0.2) is 46.0 Å². The number of fused-ring (bicyclic) bond motifs is 1. The molecular formula is C19H25IN4O2S. The van der Waals surface area contributed by atoms with Gasteiger partial charge in [0, 0.05) is 33.2 Å². The highest BCUT2D eigenvalue weighted by molar-refractivity contribution is 14.0. The number of guanidine groups is 1. The Hall–Kier alpha value is -1.65. The van der Waals surface area contributed by atoms with Crippen LogP contribution in [0.15, 0.2) is 64.5 Å². The second kappa shape index (κ2) is 10.0. The van der Waals surface area contributed by atoms with Crippen molar-refractivity contribution in [3.63, 3.8) is 0 Å². The number of benzene rings is 2. The Morgan fingerprint density at radius 3 is 2.41 bits per heavy atom. The molecule has 0 fully saturated rings. The molecule has 27 heavy (non-hydrogen) atoms. The third kappa shape index (κ3) is 5.66. The van der Waals surface area contributed by atoms with E-state index in [1.165, 1.54) is 11.1 Å². The van der Waals surface area contributed by atoms with Crippen LogP contribution >= 0.6 is 24.0 Å². The molecule has 0 unspecified atom stereocenters.